The molecule has 1 fully saturated rings. The Morgan fingerprint density at radius 1 is 1.67 bits per heavy atom. The molecule has 4 nitrogen and oxygen atoms in total. The van der Waals surface area contributed by atoms with Gasteiger partial charge < -0.3 is 15.7 Å². The van der Waals surface area contributed by atoms with Crippen LogP contribution in [0.15, 0.2) is 0 Å². The molecule has 3 N–H and O–H groups in total. The van der Waals surface area contributed by atoms with Crippen molar-refractivity contribution in [2.45, 2.75) is 38.7 Å². The molecule has 1 aliphatic heterocycles. The summed E-state index contributed by atoms with van der Waals surface area (Å²) in [4.78, 5) is 13.5. The molecule has 0 aromatic heterocycles. The van der Waals surface area contributed by atoms with Gasteiger partial charge in [0.05, 0.1) is 6.10 Å². The standard InChI is InChI=1S/C11H22N2O2/c1-9(7-12)4-5-11(15)13-6-2-3-10(14)8-13/h9-10,14H,2-8,12H2,1H3. The Hall–Kier alpha value is -0.610. The molecule has 1 heterocycles. The number of likely N-dealkylation sites (tertiary alicyclic amines) is 1. The van der Waals surface area contributed by atoms with Crippen LogP contribution in [0.5, 0.6) is 0 Å². The van der Waals surface area contributed by atoms with E-state index >= 15 is 0 Å². The number of hydrogen-bond acceptors (Lipinski definition) is 3. The number of nitrogens with zero attached hydrogens (tertiary/aromatic N) is 1. The highest BCUT2D eigenvalue weighted by Gasteiger charge is 2.21. The Bertz CT molecular complexity index is 209. The number of rotatable bonds is 4. The highest BCUT2D eigenvalue weighted by atomic mass is 16.3. The van der Waals surface area contributed by atoms with Crippen molar-refractivity contribution >= 4 is 5.91 Å². The molecule has 2 unspecified atom stereocenters. The van der Waals surface area contributed by atoms with Crippen LogP contribution in [-0.4, -0.2) is 41.7 Å². The van der Waals surface area contributed by atoms with E-state index in [9.17, 15) is 9.90 Å². The van der Waals surface area contributed by atoms with Crippen molar-refractivity contribution in [1.82, 2.24) is 4.90 Å². The van der Waals surface area contributed by atoms with Crippen LogP contribution in [0.25, 0.3) is 0 Å². The van der Waals surface area contributed by atoms with Crippen LogP contribution in [0.4, 0.5) is 0 Å². The topological polar surface area (TPSA) is 66.6 Å². The molecular weight excluding hydrogens is 192 g/mol. The summed E-state index contributed by atoms with van der Waals surface area (Å²) in [6.07, 6.45) is 2.82. The second-order valence-corrected chi connectivity index (χ2v) is 4.52. The van der Waals surface area contributed by atoms with Crippen molar-refractivity contribution in [3.8, 4) is 0 Å². The first kappa shape index (κ1) is 12.5. The van der Waals surface area contributed by atoms with Crippen LogP contribution in [0.1, 0.15) is 32.6 Å². The Labute approximate surface area is 91.4 Å². The van der Waals surface area contributed by atoms with E-state index in [1.54, 1.807) is 4.90 Å². The van der Waals surface area contributed by atoms with Gasteiger partial charge in [0.25, 0.3) is 0 Å². The molecule has 1 aliphatic rings. The number of nitrogens with two attached hydrogens (primary N) is 1. The van der Waals surface area contributed by atoms with E-state index < -0.39 is 0 Å². The zero-order chi connectivity index (χ0) is 11.3. The fourth-order valence-electron chi connectivity index (χ4n) is 1.83. The maximum atomic E-state index is 11.7. The first-order valence-corrected chi connectivity index (χ1v) is 5.79. The lowest BCUT2D eigenvalue weighted by Crippen LogP contribution is -2.42. The normalized spacial score (nSPS) is 23.9. The second-order valence-electron chi connectivity index (χ2n) is 4.52. The fourth-order valence-corrected chi connectivity index (χ4v) is 1.83. The van der Waals surface area contributed by atoms with Gasteiger partial charge in [-0.25, -0.2) is 0 Å². The minimum Gasteiger partial charge on any atom is -0.391 e. The van der Waals surface area contributed by atoms with Gasteiger partial charge in [-0.05, 0) is 31.7 Å². The van der Waals surface area contributed by atoms with Crippen LogP contribution < -0.4 is 5.73 Å². The summed E-state index contributed by atoms with van der Waals surface area (Å²) in [6, 6.07) is 0. The first-order valence-electron chi connectivity index (χ1n) is 5.79. The summed E-state index contributed by atoms with van der Waals surface area (Å²) >= 11 is 0. The van der Waals surface area contributed by atoms with Crippen LogP contribution in [-0.2, 0) is 4.79 Å². The van der Waals surface area contributed by atoms with E-state index in [4.69, 9.17) is 5.73 Å². The SMILES string of the molecule is CC(CN)CCC(=O)N1CCCC(O)C1. The summed E-state index contributed by atoms with van der Waals surface area (Å²) in [6.45, 7) is 4.00. The van der Waals surface area contributed by atoms with Gasteiger partial charge >= 0.3 is 0 Å². The Kier molecular flexibility index (Phi) is 5.05. The lowest BCUT2D eigenvalue weighted by Gasteiger charge is -2.30. The van der Waals surface area contributed by atoms with Crippen LogP contribution in [0.3, 0.4) is 0 Å². The Balaban J connectivity index is 2.26. The molecule has 2 atom stereocenters. The fraction of sp³-hybridized carbons (Fsp3) is 0.909. The predicted octanol–water partition coefficient (Wildman–Crippen LogP) is 0.345. The lowest BCUT2D eigenvalue weighted by atomic mass is 10.0. The molecule has 0 saturated carbocycles. The van der Waals surface area contributed by atoms with Gasteiger partial charge in [0.2, 0.25) is 5.91 Å². The Morgan fingerprint density at radius 3 is 3.00 bits per heavy atom. The van der Waals surface area contributed by atoms with E-state index in [1.165, 1.54) is 0 Å². The van der Waals surface area contributed by atoms with Crippen LogP contribution in [0, 0.1) is 5.92 Å². The number of carbonyl (C=O) groups is 1. The minimum atomic E-state index is -0.324. The first-order chi connectivity index (χ1) is 7.13. The average Bonchev–Trinajstić information content (AvgIpc) is 2.25. The van der Waals surface area contributed by atoms with Crippen molar-refractivity contribution in [3.63, 3.8) is 0 Å². The molecule has 0 radical (unpaired) electrons. The van der Waals surface area contributed by atoms with Gasteiger partial charge in [0.15, 0.2) is 0 Å². The molecule has 0 spiro atoms. The van der Waals surface area contributed by atoms with Crippen molar-refractivity contribution in [1.29, 1.82) is 0 Å². The number of aliphatic hydroxyl groups excluding tert-OH is 1. The number of amides is 1. The maximum absolute atomic E-state index is 11.7. The van der Waals surface area contributed by atoms with E-state index in [0.717, 1.165) is 25.8 Å². The highest BCUT2D eigenvalue weighted by Crippen LogP contribution is 2.13. The molecule has 1 saturated heterocycles. The summed E-state index contributed by atoms with van der Waals surface area (Å²) in [5.74, 6) is 0.567. The molecule has 15 heavy (non-hydrogen) atoms. The van der Waals surface area contributed by atoms with Crippen LogP contribution in [0.2, 0.25) is 0 Å². The van der Waals surface area contributed by atoms with Crippen molar-refractivity contribution in [2.75, 3.05) is 19.6 Å². The van der Waals surface area contributed by atoms with Gasteiger partial charge in [-0.1, -0.05) is 6.92 Å². The number of hydrogen-bond donors (Lipinski definition) is 2. The minimum absolute atomic E-state index is 0.161. The molecule has 0 aromatic rings. The summed E-state index contributed by atoms with van der Waals surface area (Å²) in [5, 5.41) is 9.44. The number of β-amino-alcohol motifs (C(OH)–C–C–N with tert-alkyl or cyclic N) is 1. The molecule has 1 rings (SSSR count). The van der Waals surface area contributed by atoms with E-state index in [0.29, 0.717) is 25.4 Å². The molecule has 0 bridgehead atoms. The maximum Gasteiger partial charge on any atom is 0.222 e. The third kappa shape index (κ3) is 4.18. The third-order valence-corrected chi connectivity index (χ3v) is 3.00. The quantitative estimate of drug-likeness (QED) is 0.709. The molecule has 0 aliphatic carbocycles. The molecular formula is C11H22N2O2. The van der Waals surface area contributed by atoms with Gasteiger partial charge in [-0.2, -0.15) is 0 Å². The average molecular weight is 214 g/mol. The van der Waals surface area contributed by atoms with E-state index in [2.05, 4.69) is 6.92 Å². The van der Waals surface area contributed by atoms with Gasteiger partial charge in [0, 0.05) is 19.5 Å². The molecule has 0 aromatic carbocycles. The van der Waals surface area contributed by atoms with Crippen molar-refractivity contribution < 1.29 is 9.90 Å². The number of aliphatic hydroxyl groups is 1. The lowest BCUT2D eigenvalue weighted by molar-refractivity contribution is -0.134. The summed E-state index contributed by atoms with van der Waals surface area (Å²) in [7, 11) is 0. The molecule has 1 amide bonds. The highest BCUT2D eigenvalue weighted by molar-refractivity contribution is 5.76. The van der Waals surface area contributed by atoms with Crippen molar-refractivity contribution in [3.05, 3.63) is 0 Å². The van der Waals surface area contributed by atoms with Crippen molar-refractivity contribution in [2.24, 2.45) is 11.7 Å². The summed E-state index contributed by atoms with van der Waals surface area (Å²) < 4.78 is 0. The monoisotopic (exact) mass is 214 g/mol. The number of piperidine rings is 1. The van der Waals surface area contributed by atoms with Gasteiger partial charge in [-0.3, -0.25) is 4.79 Å². The molecule has 88 valence electrons. The van der Waals surface area contributed by atoms with Gasteiger partial charge in [-0.15, -0.1) is 0 Å². The third-order valence-electron chi connectivity index (χ3n) is 3.00. The largest absolute Gasteiger partial charge is 0.391 e. The molecule has 4 heteroatoms. The van der Waals surface area contributed by atoms with E-state index in [-0.39, 0.29) is 12.0 Å². The zero-order valence-electron chi connectivity index (χ0n) is 9.48. The van der Waals surface area contributed by atoms with Gasteiger partial charge in [0.1, 0.15) is 0 Å². The smallest absolute Gasteiger partial charge is 0.222 e. The van der Waals surface area contributed by atoms with E-state index in [1.807, 2.05) is 0 Å². The Morgan fingerprint density at radius 2 is 2.40 bits per heavy atom. The number of carbonyl (C=O) groups excluding carboxylic acids is 1. The second kappa shape index (κ2) is 6.08. The van der Waals surface area contributed by atoms with Crippen LogP contribution >= 0.6 is 0 Å². The predicted molar refractivity (Wildman–Crippen MR) is 59.3 cm³/mol. The zero-order valence-corrected chi connectivity index (χ0v) is 9.48. The summed E-state index contributed by atoms with van der Waals surface area (Å²) in [5.41, 5.74) is 5.49.